The van der Waals surface area contributed by atoms with Crippen LogP contribution in [-0.4, -0.2) is 36.7 Å². The third kappa shape index (κ3) is 3.90. The Balaban J connectivity index is 3.17. The Morgan fingerprint density at radius 2 is 2.00 bits per heavy atom. The van der Waals surface area contributed by atoms with Crippen molar-refractivity contribution in [3.8, 4) is 0 Å². The maximum Gasteiger partial charge on any atom is 0.324 e. The number of benzene rings is 1. The number of nitrogens with one attached hydrogen (secondary N) is 1. The van der Waals surface area contributed by atoms with Gasteiger partial charge in [0.1, 0.15) is 6.04 Å². The van der Waals surface area contributed by atoms with Crippen LogP contribution in [-0.2, 0) is 14.8 Å². The van der Waals surface area contributed by atoms with Gasteiger partial charge in [0.25, 0.3) is 0 Å². The minimum absolute atomic E-state index is 0.119. The number of halogens is 1. The lowest BCUT2D eigenvalue weighted by atomic mass is 10.2. The first-order chi connectivity index (χ1) is 8.65. The smallest absolute Gasteiger partial charge is 0.324 e. The van der Waals surface area contributed by atoms with Crippen LogP contribution in [0, 0.1) is 6.92 Å². The molecule has 3 N–H and O–H groups in total. The molecule has 0 aliphatic heterocycles. The van der Waals surface area contributed by atoms with Crippen molar-refractivity contribution in [3.63, 3.8) is 0 Å². The fraction of sp³-hybridized carbons (Fsp3) is 0.364. The molecule has 0 saturated carbocycles. The highest BCUT2D eigenvalue weighted by Crippen LogP contribution is 2.20. The zero-order valence-electron chi connectivity index (χ0n) is 10.3. The molecule has 0 aromatic heterocycles. The van der Waals surface area contributed by atoms with E-state index in [2.05, 4.69) is 0 Å². The number of aliphatic hydroxyl groups is 1. The summed E-state index contributed by atoms with van der Waals surface area (Å²) >= 11 is 5.73. The Bertz CT molecular complexity index is 585. The van der Waals surface area contributed by atoms with Crippen molar-refractivity contribution in [2.45, 2.75) is 30.9 Å². The molecular weight excluding hydrogens is 294 g/mol. The summed E-state index contributed by atoms with van der Waals surface area (Å²) in [5.41, 5.74) is 0.423. The van der Waals surface area contributed by atoms with Crippen molar-refractivity contribution >= 4 is 27.6 Å². The second kappa shape index (κ2) is 5.87. The molecule has 0 aliphatic carbocycles. The predicted octanol–water partition coefficient (Wildman–Crippen LogP) is 0.761. The second-order valence-corrected chi connectivity index (χ2v) is 6.21. The molecule has 2 unspecified atom stereocenters. The summed E-state index contributed by atoms with van der Waals surface area (Å²) in [4.78, 5) is 10.8. The van der Waals surface area contributed by atoms with Crippen LogP contribution in [0.2, 0.25) is 5.02 Å². The summed E-state index contributed by atoms with van der Waals surface area (Å²) < 4.78 is 26.1. The summed E-state index contributed by atoms with van der Waals surface area (Å²) in [6, 6.07) is 2.64. The van der Waals surface area contributed by atoms with E-state index in [9.17, 15) is 18.3 Å². The number of aliphatic carboxylic acids is 1. The molecule has 19 heavy (non-hydrogen) atoms. The first-order valence-corrected chi connectivity index (χ1v) is 7.20. The van der Waals surface area contributed by atoms with E-state index < -0.39 is 28.1 Å². The summed E-state index contributed by atoms with van der Waals surface area (Å²) in [6.45, 7) is 2.75. The highest BCUT2D eigenvalue weighted by molar-refractivity contribution is 7.89. The Hall–Kier alpha value is -1.15. The fourth-order valence-electron chi connectivity index (χ4n) is 1.45. The van der Waals surface area contributed by atoms with Crippen LogP contribution in [0.3, 0.4) is 0 Å². The predicted molar refractivity (Wildman–Crippen MR) is 69.6 cm³/mol. The van der Waals surface area contributed by atoms with E-state index in [1.807, 2.05) is 4.72 Å². The molecule has 0 aliphatic rings. The minimum Gasteiger partial charge on any atom is -0.480 e. The number of aliphatic hydroxyl groups excluding tert-OH is 1. The second-order valence-electron chi connectivity index (χ2n) is 4.09. The van der Waals surface area contributed by atoms with E-state index in [0.717, 1.165) is 0 Å². The van der Waals surface area contributed by atoms with E-state index in [1.54, 1.807) is 6.92 Å². The fourth-order valence-corrected chi connectivity index (χ4v) is 3.22. The average Bonchev–Trinajstić information content (AvgIpc) is 2.28. The molecule has 0 heterocycles. The number of sulfonamides is 1. The maximum absolute atomic E-state index is 12.1. The van der Waals surface area contributed by atoms with Crippen LogP contribution in [0.4, 0.5) is 0 Å². The first kappa shape index (κ1) is 15.9. The number of carboxylic acids is 1. The summed E-state index contributed by atoms with van der Waals surface area (Å²) in [5, 5.41) is 18.4. The molecule has 0 saturated heterocycles. The highest BCUT2D eigenvalue weighted by atomic mass is 35.5. The average molecular weight is 308 g/mol. The van der Waals surface area contributed by atoms with Crippen molar-refractivity contribution in [2.75, 3.05) is 0 Å². The van der Waals surface area contributed by atoms with Gasteiger partial charge in [-0.1, -0.05) is 17.7 Å². The molecule has 1 aromatic carbocycles. The Labute approximate surface area is 116 Å². The molecule has 106 valence electrons. The van der Waals surface area contributed by atoms with Gasteiger partial charge in [0.15, 0.2) is 0 Å². The molecule has 0 fully saturated rings. The number of hydrogen-bond donors (Lipinski definition) is 3. The third-order valence-electron chi connectivity index (χ3n) is 2.47. The quantitative estimate of drug-likeness (QED) is 0.745. The standard InChI is InChI=1S/C11H14ClNO5S/c1-6-3-4-8(12)5-9(6)19(17,18)13-10(7(2)14)11(15)16/h3-5,7,10,13-14H,1-2H3,(H,15,16). The van der Waals surface area contributed by atoms with Crippen LogP contribution in [0.1, 0.15) is 12.5 Å². The lowest BCUT2D eigenvalue weighted by molar-refractivity contribution is -0.141. The molecular formula is C11H14ClNO5S. The lowest BCUT2D eigenvalue weighted by Gasteiger charge is -2.18. The van der Waals surface area contributed by atoms with Gasteiger partial charge in [-0.3, -0.25) is 4.79 Å². The van der Waals surface area contributed by atoms with Gasteiger partial charge >= 0.3 is 5.97 Å². The van der Waals surface area contributed by atoms with Crippen LogP contribution in [0.5, 0.6) is 0 Å². The Morgan fingerprint density at radius 1 is 1.42 bits per heavy atom. The highest BCUT2D eigenvalue weighted by Gasteiger charge is 2.30. The normalized spacial score (nSPS) is 14.9. The number of hydrogen-bond acceptors (Lipinski definition) is 4. The van der Waals surface area contributed by atoms with Gasteiger partial charge in [-0.25, -0.2) is 8.42 Å². The van der Waals surface area contributed by atoms with Crippen molar-refractivity contribution < 1.29 is 23.4 Å². The molecule has 1 aromatic rings. The number of aryl methyl sites for hydroxylation is 1. The van der Waals surface area contributed by atoms with Gasteiger partial charge in [0.2, 0.25) is 10.0 Å². The van der Waals surface area contributed by atoms with Crippen LogP contribution < -0.4 is 4.72 Å². The van der Waals surface area contributed by atoms with Gasteiger partial charge in [-0.2, -0.15) is 4.72 Å². The SMILES string of the molecule is Cc1ccc(Cl)cc1S(=O)(=O)NC(C(=O)O)C(C)O. The van der Waals surface area contributed by atoms with Crippen molar-refractivity contribution in [1.82, 2.24) is 4.72 Å². The Kier molecular flexibility index (Phi) is 4.92. The molecule has 1 rings (SSSR count). The third-order valence-corrected chi connectivity index (χ3v) is 4.29. The van der Waals surface area contributed by atoms with Crippen LogP contribution >= 0.6 is 11.6 Å². The number of rotatable bonds is 5. The largest absolute Gasteiger partial charge is 0.480 e. The molecule has 8 heteroatoms. The molecule has 0 radical (unpaired) electrons. The number of carbonyl (C=O) groups is 1. The van der Waals surface area contributed by atoms with Gasteiger partial charge in [0, 0.05) is 5.02 Å². The van der Waals surface area contributed by atoms with Gasteiger partial charge in [0.05, 0.1) is 11.0 Å². The zero-order chi connectivity index (χ0) is 14.8. The molecule has 0 spiro atoms. The molecule has 2 atom stereocenters. The van der Waals surface area contributed by atoms with Gasteiger partial charge < -0.3 is 10.2 Å². The van der Waals surface area contributed by atoms with Crippen LogP contribution in [0.15, 0.2) is 23.1 Å². The topological polar surface area (TPSA) is 104 Å². The summed E-state index contributed by atoms with van der Waals surface area (Å²) in [6.07, 6.45) is -1.37. The zero-order valence-corrected chi connectivity index (χ0v) is 11.9. The van der Waals surface area contributed by atoms with Crippen molar-refractivity contribution in [2.24, 2.45) is 0 Å². The molecule has 0 bridgehead atoms. The van der Waals surface area contributed by atoms with E-state index in [-0.39, 0.29) is 9.92 Å². The monoisotopic (exact) mass is 307 g/mol. The number of carboxylic acid groups (broad SMARTS) is 1. The maximum atomic E-state index is 12.1. The van der Waals surface area contributed by atoms with E-state index >= 15 is 0 Å². The lowest BCUT2D eigenvalue weighted by Crippen LogP contribution is -2.47. The summed E-state index contributed by atoms with van der Waals surface area (Å²) in [5.74, 6) is -1.46. The van der Waals surface area contributed by atoms with E-state index in [0.29, 0.717) is 5.56 Å². The van der Waals surface area contributed by atoms with Crippen LogP contribution in [0.25, 0.3) is 0 Å². The van der Waals surface area contributed by atoms with Gasteiger partial charge in [-0.15, -0.1) is 0 Å². The van der Waals surface area contributed by atoms with Crippen molar-refractivity contribution in [1.29, 1.82) is 0 Å². The molecule has 0 amide bonds. The van der Waals surface area contributed by atoms with Gasteiger partial charge in [-0.05, 0) is 31.5 Å². The summed E-state index contributed by atoms with van der Waals surface area (Å²) in [7, 11) is -4.08. The van der Waals surface area contributed by atoms with E-state index in [4.69, 9.17) is 16.7 Å². The van der Waals surface area contributed by atoms with E-state index in [1.165, 1.54) is 25.1 Å². The van der Waals surface area contributed by atoms with Crippen molar-refractivity contribution in [3.05, 3.63) is 28.8 Å². The minimum atomic E-state index is -4.08. The molecule has 6 nitrogen and oxygen atoms in total. The first-order valence-electron chi connectivity index (χ1n) is 5.34. The Morgan fingerprint density at radius 3 is 2.47 bits per heavy atom.